The number of nitrogens with two attached hydrogens (primary N) is 1. The monoisotopic (exact) mass is 248 g/mol. The molecule has 1 aliphatic rings. The van der Waals surface area contributed by atoms with Gasteiger partial charge in [0.25, 0.3) is 0 Å². The molecule has 1 aliphatic heterocycles. The summed E-state index contributed by atoms with van der Waals surface area (Å²) in [5, 5.41) is 7.62. The maximum absolute atomic E-state index is 7.62. The molecule has 3 N–H and O–H groups in total. The van der Waals surface area contributed by atoms with Gasteiger partial charge in [0.15, 0.2) is 0 Å². The van der Waals surface area contributed by atoms with E-state index in [1.54, 1.807) is 18.5 Å². The van der Waals surface area contributed by atoms with Crippen molar-refractivity contribution in [1.82, 2.24) is 4.98 Å². The van der Waals surface area contributed by atoms with Crippen LogP contribution in [-0.4, -0.2) is 36.6 Å². The zero-order chi connectivity index (χ0) is 13.0. The molecule has 0 spiro atoms. The van der Waals surface area contributed by atoms with Gasteiger partial charge in [0, 0.05) is 31.5 Å². The first-order chi connectivity index (χ1) is 8.72. The predicted octanol–water partition coefficient (Wildman–Crippen LogP) is 1.37. The van der Waals surface area contributed by atoms with Crippen molar-refractivity contribution in [3.05, 3.63) is 24.0 Å². The van der Waals surface area contributed by atoms with E-state index in [9.17, 15) is 0 Å². The topological polar surface area (TPSA) is 75.2 Å². The van der Waals surface area contributed by atoms with E-state index in [1.165, 1.54) is 0 Å². The van der Waals surface area contributed by atoms with Crippen LogP contribution in [0.5, 0.6) is 0 Å². The Morgan fingerprint density at radius 2 is 2.50 bits per heavy atom. The minimum absolute atomic E-state index is 0.0888. The van der Waals surface area contributed by atoms with Crippen LogP contribution in [0.25, 0.3) is 0 Å². The molecule has 0 radical (unpaired) electrons. The van der Waals surface area contributed by atoms with Crippen molar-refractivity contribution >= 4 is 11.5 Å². The number of nitrogens with zero attached hydrogens (tertiary/aromatic N) is 2. The van der Waals surface area contributed by atoms with Crippen LogP contribution < -0.4 is 10.6 Å². The third-order valence-electron chi connectivity index (χ3n) is 3.21. The van der Waals surface area contributed by atoms with E-state index < -0.39 is 0 Å². The molecule has 1 fully saturated rings. The summed E-state index contributed by atoms with van der Waals surface area (Å²) in [6, 6.07) is 1.79. The molecule has 1 aromatic rings. The van der Waals surface area contributed by atoms with Crippen LogP contribution >= 0.6 is 0 Å². The lowest BCUT2D eigenvalue weighted by Gasteiger charge is -2.34. The number of rotatable bonds is 4. The van der Waals surface area contributed by atoms with Gasteiger partial charge in [-0.3, -0.25) is 10.4 Å². The Labute approximate surface area is 107 Å². The molecule has 2 rings (SSSR count). The fourth-order valence-electron chi connectivity index (χ4n) is 2.39. The lowest BCUT2D eigenvalue weighted by atomic mass is 10.1. The van der Waals surface area contributed by atoms with Crippen molar-refractivity contribution in [2.45, 2.75) is 25.9 Å². The zero-order valence-electron chi connectivity index (χ0n) is 10.7. The average molecular weight is 248 g/mol. The Hall–Kier alpha value is -1.62. The van der Waals surface area contributed by atoms with Crippen LogP contribution in [-0.2, 0) is 4.74 Å². The highest BCUT2D eigenvalue weighted by atomic mass is 16.5. The lowest BCUT2D eigenvalue weighted by molar-refractivity contribution is 0.0526. The molecule has 1 atom stereocenters. The highest BCUT2D eigenvalue weighted by molar-refractivity contribution is 6.00. The SMILES string of the molecule is CCOC1CCCN(c2cnccc2C(=N)N)C1. The molecule has 5 nitrogen and oxygen atoms in total. The highest BCUT2D eigenvalue weighted by Gasteiger charge is 2.22. The molecule has 0 amide bonds. The largest absolute Gasteiger partial charge is 0.384 e. The first kappa shape index (κ1) is 12.8. The third kappa shape index (κ3) is 2.79. The number of ether oxygens (including phenoxy) is 1. The molecule has 0 aliphatic carbocycles. The molecule has 2 heterocycles. The summed E-state index contributed by atoms with van der Waals surface area (Å²) in [5.74, 6) is 0.0888. The Bertz CT molecular complexity index is 419. The van der Waals surface area contributed by atoms with Gasteiger partial charge < -0.3 is 15.4 Å². The number of pyridine rings is 1. The molecule has 0 saturated carbocycles. The molecule has 0 bridgehead atoms. The van der Waals surface area contributed by atoms with Gasteiger partial charge in [0.2, 0.25) is 0 Å². The zero-order valence-corrected chi connectivity index (χ0v) is 10.7. The number of aromatic nitrogens is 1. The van der Waals surface area contributed by atoms with E-state index in [-0.39, 0.29) is 11.9 Å². The standard InChI is InChI=1S/C13H20N4O/c1-2-18-10-4-3-7-17(9-10)12-8-16-6-5-11(12)13(14)15/h5-6,8,10H,2-4,7,9H2,1H3,(H3,14,15). The maximum Gasteiger partial charge on any atom is 0.125 e. The summed E-state index contributed by atoms with van der Waals surface area (Å²) in [5.41, 5.74) is 7.30. The molecular formula is C13H20N4O. The van der Waals surface area contributed by atoms with Crippen molar-refractivity contribution in [1.29, 1.82) is 5.41 Å². The van der Waals surface area contributed by atoms with Crippen molar-refractivity contribution < 1.29 is 4.74 Å². The van der Waals surface area contributed by atoms with Gasteiger partial charge in [-0.1, -0.05) is 0 Å². The summed E-state index contributed by atoms with van der Waals surface area (Å²) in [7, 11) is 0. The van der Waals surface area contributed by atoms with E-state index in [1.807, 2.05) is 6.92 Å². The molecule has 1 saturated heterocycles. The van der Waals surface area contributed by atoms with Gasteiger partial charge in [-0.2, -0.15) is 0 Å². The summed E-state index contributed by atoms with van der Waals surface area (Å²) in [6.45, 7) is 4.57. The summed E-state index contributed by atoms with van der Waals surface area (Å²) >= 11 is 0. The van der Waals surface area contributed by atoms with E-state index >= 15 is 0 Å². The lowest BCUT2D eigenvalue weighted by Crippen LogP contribution is -2.40. The summed E-state index contributed by atoms with van der Waals surface area (Å²) in [4.78, 5) is 6.36. The van der Waals surface area contributed by atoms with E-state index in [0.717, 1.165) is 43.8 Å². The molecule has 1 unspecified atom stereocenters. The van der Waals surface area contributed by atoms with Gasteiger partial charge in [0.1, 0.15) is 5.84 Å². The van der Waals surface area contributed by atoms with Gasteiger partial charge in [-0.25, -0.2) is 0 Å². The smallest absolute Gasteiger partial charge is 0.125 e. The van der Waals surface area contributed by atoms with Crippen LogP contribution in [0.2, 0.25) is 0 Å². The van der Waals surface area contributed by atoms with E-state index in [4.69, 9.17) is 15.9 Å². The second kappa shape index (κ2) is 5.82. The van der Waals surface area contributed by atoms with E-state index in [0.29, 0.717) is 0 Å². The third-order valence-corrected chi connectivity index (χ3v) is 3.21. The second-order valence-electron chi connectivity index (χ2n) is 4.47. The number of nitrogen functional groups attached to an aromatic ring is 1. The van der Waals surface area contributed by atoms with Gasteiger partial charge >= 0.3 is 0 Å². The minimum Gasteiger partial charge on any atom is -0.384 e. The predicted molar refractivity (Wildman–Crippen MR) is 72.1 cm³/mol. The Balaban J connectivity index is 2.18. The normalized spacial score (nSPS) is 19.8. The summed E-state index contributed by atoms with van der Waals surface area (Å²) < 4.78 is 5.69. The number of hydrogen-bond donors (Lipinski definition) is 2. The Kier molecular flexibility index (Phi) is 4.15. The van der Waals surface area contributed by atoms with Gasteiger partial charge in [-0.15, -0.1) is 0 Å². The number of nitrogens with one attached hydrogen (secondary N) is 1. The Morgan fingerprint density at radius 3 is 3.22 bits per heavy atom. The fourth-order valence-corrected chi connectivity index (χ4v) is 2.39. The first-order valence-electron chi connectivity index (χ1n) is 6.37. The number of hydrogen-bond acceptors (Lipinski definition) is 4. The van der Waals surface area contributed by atoms with Crippen molar-refractivity contribution in [2.75, 3.05) is 24.6 Å². The molecule has 98 valence electrons. The van der Waals surface area contributed by atoms with E-state index in [2.05, 4.69) is 9.88 Å². The van der Waals surface area contributed by atoms with Crippen LogP contribution in [0.3, 0.4) is 0 Å². The number of amidine groups is 1. The van der Waals surface area contributed by atoms with Crippen molar-refractivity contribution in [3.8, 4) is 0 Å². The first-order valence-corrected chi connectivity index (χ1v) is 6.37. The van der Waals surface area contributed by atoms with Crippen molar-refractivity contribution in [3.63, 3.8) is 0 Å². The molecule has 0 aromatic carbocycles. The van der Waals surface area contributed by atoms with Crippen LogP contribution in [0.4, 0.5) is 5.69 Å². The van der Waals surface area contributed by atoms with Gasteiger partial charge in [0.05, 0.1) is 18.0 Å². The van der Waals surface area contributed by atoms with Crippen LogP contribution in [0, 0.1) is 5.41 Å². The molecular weight excluding hydrogens is 228 g/mol. The minimum atomic E-state index is 0.0888. The van der Waals surface area contributed by atoms with Crippen LogP contribution in [0.15, 0.2) is 18.5 Å². The van der Waals surface area contributed by atoms with Crippen LogP contribution in [0.1, 0.15) is 25.3 Å². The number of anilines is 1. The molecule has 18 heavy (non-hydrogen) atoms. The maximum atomic E-state index is 7.62. The fraction of sp³-hybridized carbons (Fsp3) is 0.538. The average Bonchev–Trinajstić information content (AvgIpc) is 2.39. The van der Waals surface area contributed by atoms with Crippen molar-refractivity contribution in [2.24, 2.45) is 5.73 Å². The molecule has 5 heteroatoms. The Morgan fingerprint density at radius 1 is 1.67 bits per heavy atom. The highest BCUT2D eigenvalue weighted by Crippen LogP contribution is 2.24. The van der Waals surface area contributed by atoms with Gasteiger partial charge in [-0.05, 0) is 25.8 Å². The molecule has 1 aromatic heterocycles. The quantitative estimate of drug-likeness (QED) is 0.623. The summed E-state index contributed by atoms with van der Waals surface area (Å²) in [6.07, 6.45) is 5.91. The number of piperidine rings is 1. The second-order valence-corrected chi connectivity index (χ2v) is 4.47.